The Hall–Kier alpha value is -0.300. The van der Waals surface area contributed by atoms with Gasteiger partial charge in [0.05, 0.1) is 0 Å². The van der Waals surface area contributed by atoms with E-state index in [-0.39, 0.29) is 0 Å². The highest BCUT2D eigenvalue weighted by Gasteiger charge is 2.14. The zero-order chi connectivity index (χ0) is 11.1. The molecule has 0 heterocycles. The van der Waals surface area contributed by atoms with Gasteiger partial charge in [-0.15, -0.1) is 0 Å². The predicted molar refractivity (Wildman–Crippen MR) is 65.5 cm³/mol. The fourth-order valence-corrected chi connectivity index (χ4v) is 1.85. The molecule has 0 fully saturated rings. The molecule has 0 aromatic heterocycles. The van der Waals surface area contributed by atoms with E-state index in [1.165, 1.54) is 18.4 Å². The molecule has 14 heavy (non-hydrogen) atoms. The van der Waals surface area contributed by atoms with Gasteiger partial charge in [-0.2, -0.15) is 0 Å². The van der Waals surface area contributed by atoms with Crippen LogP contribution in [0, 0.1) is 11.8 Å². The third-order valence-corrected chi connectivity index (χ3v) is 2.98. The lowest BCUT2D eigenvalue weighted by molar-refractivity contribution is 0.381. The lowest BCUT2D eigenvalue weighted by Gasteiger charge is -2.25. The van der Waals surface area contributed by atoms with Crippen LogP contribution in [-0.4, -0.2) is 12.6 Å². The van der Waals surface area contributed by atoms with Crippen LogP contribution in [0.15, 0.2) is 12.2 Å². The molecule has 0 aromatic carbocycles. The van der Waals surface area contributed by atoms with Gasteiger partial charge in [0.15, 0.2) is 0 Å². The normalized spacial score (nSPS) is 13.6. The average molecular weight is 197 g/mol. The summed E-state index contributed by atoms with van der Waals surface area (Å²) in [5, 5.41) is 3.62. The van der Waals surface area contributed by atoms with Crippen LogP contribution in [-0.2, 0) is 0 Å². The first-order valence-corrected chi connectivity index (χ1v) is 5.91. The smallest absolute Gasteiger partial charge is 0.0297 e. The summed E-state index contributed by atoms with van der Waals surface area (Å²) < 4.78 is 0. The second-order valence-electron chi connectivity index (χ2n) is 4.66. The minimum absolute atomic E-state index is 0.482. The highest BCUT2D eigenvalue weighted by atomic mass is 14.9. The lowest BCUT2D eigenvalue weighted by Crippen LogP contribution is -2.37. The molecule has 0 aliphatic heterocycles. The largest absolute Gasteiger partial charge is 0.310 e. The number of rotatable bonds is 7. The molecule has 0 bridgehead atoms. The van der Waals surface area contributed by atoms with Crippen LogP contribution in [0.5, 0.6) is 0 Å². The lowest BCUT2D eigenvalue weighted by atomic mass is 9.96. The van der Waals surface area contributed by atoms with Gasteiger partial charge in [0.1, 0.15) is 0 Å². The van der Waals surface area contributed by atoms with E-state index in [0.29, 0.717) is 12.0 Å². The number of nitrogens with one attached hydrogen (secondary N) is 1. The Morgan fingerprint density at radius 3 is 2.00 bits per heavy atom. The van der Waals surface area contributed by atoms with E-state index < -0.39 is 0 Å². The first-order valence-electron chi connectivity index (χ1n) is 5.91. The first-order chi connectivity index (χ1) is 6.52. The van der Waals surface area contributed by atoms with Crippen LogP contribution in [0.4, 0.5) is 0 Å². The van der Waals surface area contributed by atoms with Gasteiger partial charge >= 0.3 is 0 Å². The van der Waals surface area contributed by atoms with Gasteiger partial charge in [-0.05, 0) is 25.3 Å². The summed E-state index contributed by atoms with van der Waals surface area (Å²) in [6.45, 7) is 16.3. The van der Waals surface area contributed by atoms with Crippen molar-refractivity contribution in [1.82, 2.24) is 5.32 Å². The molecule has 0 aromatic rings. The molecule has 0 rings (SSSR count). The van der Waals surface area contributed by atoms with Gasteiger partial charge in [0, 0.05) is 6.04 Å². The molecule has 0 amide bonds. The van der Waals surface area contributed by atoms with Gasteiger partial charge in [-0.1, -0.05) is 52.7 Å². The van der Waals surface area contributed by atoms with Crippen molar-refractivity contribution < 1.29 is 0 Å². The highest BCUT2D eigenvalue weighted by Crippen LogP contribution is 2.12. The molecule has 0 spiro atoms. The zero-order valence-electron chi connectivity index (χ0n) is 10.6. The second kappa shape index (κ2) is 7.05. The van der Waals surface area contributed by atoms with Crippen molar-refractivity contribution in [1.29, 1.82) is 0 Å². The van der Waals surface area contributed by atoms with Gasteiger partial charge in [-0.3, -0.25) is 0 Å². The van der Waals surface area contributed by atoms with Gasteiger partial charge < -0.3 is 5.32 Å². The van der Waals surface area contributed by atoms with E-state index in [1.807, 2.05) is 0 Å². The van der Waals surface area contributed by atoms with E-state index in [4.69, 9.17) is 0 Å². The molecule has 1 atom stereocenters. The SMILES string of the molecule is C=C(C)C(NCC(CC)CC)C(C)C. The molecular formula is C13H27N. The molecule has 0 saturated heterocycles. The monoisotopic (exact) mass is 197 g/mol. The molecule has 0 radical (unpaired) electrons. The number of hydrogen-bond acceptors (Lipinski definition) is 1. The molecule has 0 saturated carbocycles. The Morgan fingerprint density at radius 1 is 1.21 bits per heavy atom. The molecule has 1 heteroatoms. The molecule has 0 aliphatic rings. The molecule has 0 aliphatic carbocycles. The van der Waals surface area contributed by atoms with Crippen molar-refractivity contribution in [3.05, 3.63) is 12.2 Å². The standard InChI is InChI=1S/C13H27N/c1-7-12(8-2)9-14-13(10(3)4)11(5)6/h11-14H,3,7-9H2,1-2,4-6H3. The van der Waals surface area contributed by atoms with Crippen molar-refractivity contribution in [2.45, 2.75) is 53.5 Å². The van der Waals surface area contributed by atoms with Crippen LogP contribution >= 0.6 is 0 Å². The van der Waals surface area contributed by atoms with E-state index in [2.05, 4.69) is 46.5 Å². The predicted octanol–water partition coefficient (Wildman–Crippen LogP) is 3.61. The Kier molecular flexibility index (Phi) is 6.90. The van der Waals surface area contributed by atoms with E-state index >= 15 is 0 Å². The Morgan fingerprint density at radius 2 is 1.71 bits per heavy atom. The van der Waals surface area contributed by atoms with Crippen LogP contribution < -0.4 is 5.32 Å². The minimum atomic E-state index is 0.482. The van der Waals surface area contributed by atoms with Crippen LogP contribution in [0.25, 0.3) is 0 Å². The summed E-state index contributed by atoms with van der Waals surface area (Å²) in [5.41, 5.74) is 1.26. The van der Waals surface area contributed by atoms with Crippen LogP contribution in [0.1, 0.15) is 47.5 Å². The summed E-state index contributed by atoms with van der Waals surface area (Å²) in [6, 6.07) is 0.482. The Bertz CT molecular complexity index is 157. The summed E-state index contributed by atoms with van der Waals surface area (Å²) in [6.07, 6.45) is 2.54. The molecule has 1 N–H and O–H groups in total. The van der Waals surface area contributed by atoms with E-state index in [9.17, 15) is 0 Å². The van der Waals surface area contributed by atoms with Crippen molar-refractivity contribution in [2.75, 3.05) is 6.54 Å². The second-order valence-corrected chi connectivity index (χ2v) is 4.66. The van der Waals surface area contributed by atoms with Crippen molar-refractivity contribution >= 4 is 0 Å². The third kappa shape index (κ3) is 4.80. The van der Waals surface area contributed by atoms with Crippen LogP contribution in [0.3, 0.4) is 0 Å². The zero-order valence-corrected chi connectivity index (χ0v) is 10.6. The molecule has 1 nitrogen and oxygen atoms in total. The highest BCUT2D eigenvalue weighted by molar-refractivity contribution is 5.02. The fraction of sp³-hybridized carbons (Fsp3) is 0.846. The minimum Gasteiger partial charge on any atom is -0.310 e. The maximum Gasteiger partial charge on any atom is 0.0297 e. The summed E-state index contributed by atoms with van der Waals surface area (Å²) in [5.74, 6) is 1.46. The summed E-state index contributed by atoms with van der Waals surface area (Å²) >= 11 is 0. The molecular weight excluding hydrogens is 170 g/mol. The Labute approximate surface area is 90.0 Å². The van der Waals surface area contributed by atoms with Crippen molar-refractivity contribution in [2.24, 2.45) is 11.8 Å². The quantitative estimate of drug-likeness (QED) is 0.615. The Balaban J connectivity index is 3.99. The average Bonchev–Trinajstić information content (AvgIpc) is 2.11. The fourth-order valence-electron chi connectivity index (χ4n) is 1.85. The molecule has 1 unspecified atom stereocenters. The van der Waals surface area contributed by atoms with Gasteiger partial charge in [0.2, 0.25) is 0 Å². The first kappa shape index (κ1) is 13.7. The maximum absolute atomic E-state index is 4.04. The maximum atomic E-state index is 4.04. The number of hydrogen-bond donors (Lipinski definition) is 1. The van der Waals surface area contributed by atoms with Crippen molar-refractivity contribution in [3.8, 4) is 0 Å². The van der Waals surface area contributed by atoms with E-state index in [0.717, 1.165) is 12.5 Å². The van der Waals surface area contributed by atoms with Crippen molar-refractivity contribution in [3.63, 3.8) is 0 Å². The van der Waals surface area contributed by atoms with E-state index in [1.54, 1.807) is 0 Å². The molecule has 84 valence electrons. The summed E-state index contributed by atoms with van der Waals surface area (Å²) in [4.78, 5) is 0. The van der Waals surface area contributed by atoms with Crippen LogP contribution in [0.2, 0.25) is 0 Å². The van der Waals surface area contributed by atoms with Gasteiger partial charge in [-0.25, -0.2) is 0 Å². The topological polar surface area (TPSA) is 12.0 Å². The third-order valence-electron chi connectivity index (χ3n) is 2.98. The van der Waals surface area contributed by atoms with Gasteiger partial charge in [0.25, 0.3) is 0 Å². The summed E-state index contributed by atoms with van der Waals surface area (Å²) in [7, 11) is 0.